The van der Waals surface area contributed by atoms with Gasteiger partial charge in [-0.2, -0.15) is 0 Å². The first-order valence-electron chi connectivity index (χ1n) is 5.80. The van der Waals surface area contributed by atoms with Crippen molar-refractivity contribution in [2.24, 2.45) is 7.05 Å². The largest absolute Gasteiger partial charge is 0.497 e. The first kappa shape index (κ1) is 9.70. The van der Waals surface area contributed by atoms with E-state index in [0.717, 1.165) is 11.3 Å². The number of aryl methyl sites for hydroxylation is 1. The van der Waals surface area contributed by atoms with Crippen molar-refractivity contribution in [2.75, 3.05) is 7.11 Å². The highest BCUT2D eigenvalue weighted by Gasteiger charge is 2.24. The van der Waals surface area contributed by atoms with E-state index < -0.39 is 0 Å². The Kier molecular flexibility index (Phi) is 2.13. The molecular weight excluding hydrogens is 200 g/mol. The molecule has 1 aliphatic carbocycles. The third-order valence-corrected chi connectivity index (χ3v) is 3.59. The fourth-order valence-corrected chi connectivity index (χ4v) is 2.36. The van der Waals surface area contributed by atoms with E-state index in [1.54, 1.807) is 7.11 Å². The second-order valence-electron chi connectivity index (χ2n) is 4.51. The lowest BCUT2D eigenvalue weighted by molar-refractivity contribution is 0.394. The fraction of sp³-hybridized carbons (Fsp3) is 0.462. The summed E-state index contributed by atoms with van der Waals surface area (Å²) in [5.74, 6) is 2.78. The number of hydrogen-bond donors (Lipinski definition) is 0. The van der Waals surface area contributed by atoms with Crippen LogP contribution in [0.15, 0.2) is 18.2 Å². The molecule has 3 nitrogen and oxygen atoms in total. The van der Waals surface area contributed by atoms with Gasteiger partial charge in [-0.05, 0) is 25.0 Å². The van der Waals surface area contributed by atoms with Crippen molar-refractivity contribution in [3.05, 3.63) is 24.0 Å². The minimum atomic E-state index is 0.670. The molecule has 3 heteroatoms. The summed E-state index contributed by atoms with van der Waals surface area (Å²) in [7, 11) is 3.80. The topological polar surface area (TPSA) is 27.1 Å². The number of aromatic nitrogens is 2. The normalized spacial score (nSPS) is 16.4. The maximum atomic E-state index is 5.22. The Morgan fingerprint density at radius 1 is 1.38 bits per heavy atom. The minimum absolute atomic E-state index is 0.670. The van der Waals surface area contributed by atoms with Crippen LogP contribution in [-0.4, -0.2) is 16.7 Å². The molecule has 1 fully saturated rings. The van der Waals surface area contributed by atoms with Gasteiger partial charge in [-0.25, -0.2) is 4.98 Å². The molecule has 3 rings (SSSR count). The number of fused-ring (bicyclic) bond motifs is 1. The molecule has 0 unspecified atom stereocenters. The predicted octanol–water partition coefficient (Wildman–Crippen LogP) is 2.85. The number of imidazole rings is 1. The van der Waals surface area contributed by atoms with Crippen molar-refractivity contribution < 1.29 is 4.74 Å². The Morgan fingerprint density at radius 3 is 2.81 bits per heavy atom. The summed E-state index contributed by atoms with van der Waals surface area (Å²) in [4.78, 5) is 4.73. The van der Waals surface area contributed by atoms with Crippen LogP contribution < -0.4 is 4.74 Å². The molecule has 0 amide bonds. The fourth-order valence-electron chi connectivity index (χ4n) is 2.36. The smallest absolute Gasteiger partial charge is 0.121 e. The summed E-state index contributed by atoms with van der Waals surface area (Å²) < 4.78 is 7.44. The number of methoxy groups -OCH3 is 1. The Bertz CT molecular complexity index is 526. The zero-order chi connectivity index (χ0) is 11.1. The van der Waals surface area contributed by atoms with Gasteiger partial charge in [0.15, 0.2) is 0 Å². The van der Waals surface area contributed by atoms with Gasteiger partial charge in [0.1, 0.15) is 11.6 Å². The molecule has 84 valence electrons. The average molecular weight is 216 g/mol. The number of ether oxygens (including phenoxy) is 1. The van der Waals surface area contributed by atoms with Crippen molar-refractivity contribution >= 4 is 11.0 Å². The van der Waals surface area contributed by atoms with Crippen LogP contribution in [0.4, 0.5) is 0 Å². The third-order valence-electron chi connectivity index (χ3n) is 3.59. The van der Waals surface area contributed by atoms with Crippen molar-refractivity contribution in [1.29, 1.82) is 0 Å². The zero-order valence-electron chi connectivity index (χ0n) is 9.73. The molecule has 1 heterocycles. The van der Waals surface area contributed by atoms with Crippen LogP contribution in [0.2, 0.25) is 0 Å². The van der Waals surface area contributed by atoms with Crippen molar-refractivity contribution in [2.45, 2.75) is 25.2 Å². The molecule has 0 bridgehead atoms. The first-order chi connectivity index (χ1) is 7.79. The number of nitrogens with zero attached hydrogens (tertiary/aromatic N) is 2. The summed E-state index contributed by atoms with van der Waals surface area (Å²) in [6.45, 7) is 0. The van der Waals surface area contributed by atoms with Gasteiger partial charge in [-0.1, -0.05) is 6.42 Å². The summed E-state index contributed by atoms with van der Waals surface area (Å²) >= 11 is 0. The van der Waals surface area contributed by atoms with E-state index in [4.69, 9.17) is 9.72 Å². The van der Waals surface area contributed by atoms with Crippen LogP contribution in [0.1, 0.15) is 31.0 Å². The first-order valence-corrected chi connectivity index (χ1v) is 5.80. The Morgan fingerprint density at radius 2 is 2.19 bits per heavy atom. The molecule has 1 aliphatic rings. The number of hydrogen-bond acceptors (Lipinski definition) is 2. The summed E-state index contributed by atoms with van der Waals surface area (Å²) in [6, 6.07) is 6.09. The van der Waals surface area contributed by atoms with E-state index in [9.17, 15) is 0 Å². The van der Waals surface area contributed by atoms with Crippen molar-refractivity contribution in [3.63, 3.8) is 0 Å². The van der Waals surface area contributed by atoms with E-state index >= 15 is 0 Å². The van der Waals surface area contributed by atoms with Gasteiger partial charge in [0.2, 0.25) is 0 Å². The molecule has 0 atom stereocenters. The standard InChI is InChI=1S/C13H16N2O/c1-15-12-7-6-10(16-2)8-11(12)14-13(15)9-4-3-5-9/h6-9H,3-5H2,1-2H3. The zero-order valence-corrected chi connectivity index (χ0v) is 9.73. The quantitative estimate of drug-likeness (QED) is 0.771. The van der Waals surface area contributed by atoms with Crippen LogP contribution >= 0.6 is 0 Å². The van der Waals surface area contributed by atoms with E-state index in [2.05, 4.69) is 17.7 Å². The summed E-state index contributed by atoms with van der Waals surface area (Å²) in [5.41, 5.74) is 2.24. The lowest BCUT2D eigenvalue weighted by Crippen LogP contribution is -2.13. The van der Waals surface area contributed by atoms with Gasteiger partial charge in [0, 0.05) is 19.0 Å². The molecule has 0 aliphatic heterocycles. The molecule has 0 N–H and O–H groups in total. The Labute approximate surface area is 95.0 Å². The monoisotopic (exact) mass is 216 g/mol. The van der Waals surface area contributed by atoms with Crippen LogP contribution in [0, 0.1) is 0 Å². The second-order valence-corrected chi connectivity index (χ2v) is 4.51. The molecule has 0 spiro atoms. The Hall–Kier alpha value is -1.51. The maximum absolute atomic E-state index is 5.22. The van der Waals surface area contributed by atoms with E-state index in [-0.39, 0.29) is 0 Å². The predicted molar refractivity (Wildman–Crippen MR) is 63.9 cm³/mol. The van der Waals surface area contributed by atoms with Crippen LogP contribution in [-0.2, 0) is 7.05 Å². The van der Waals surface area contributed by atoms with Crippen molar-refractivity contribution in [3.8, 4) is 5.75 Å². The molecule has 1 saturated carbocycles. The van der Waals surface area contributed by atoms with E-state index in [0.29, 0.717) is 5.92 Å². The maximum Gasteiger partial charge on any atom is 0.121 e. The van der Waals surface area contributed by atoms with Gasteiger partial charge in [-0.3, -0.25) is 0 Å². The molecule has 2 aromatic rings. The molecule has 0 saturated heterocycles. The van der Waals surface area contributed by atoms with Gasteiger partial charge in [-0.15, -0.1) is 0 Å². The highest BCUT2D eigenvalue weighted by atomic mass is 16.5. The molecular formula is C13H16N2O. The van der Waals surface area contributed by atoms with E-state index in [1.165, 1.54) is 30.6 Å². The molecule has 0 radical (unpaired) electrons. The average Bonchev–Trinajstić information content (AvgIpc) is 2.54. The number of benzene rings is 1. The second kappa shape index (κ2) is 3.51. The van der Waals surface area contributed by atoms with Crippen LogP contribution in [0.3, 0.4) is 0 Å². The van der Waals surface area contributed by atoms with Gasteiger partial charge >= 0.3 is 0 Å². The molecule has 1 aromatic heterocycles. The van der Waals surface area contributed by atoms with Crippen LogP contribution in [0.25, 0.3) is 11.0 Å². The lowest BCUT2D eigenvalue weighted by Gasteiger charge is -2.24. The lowest BCUT2D eigenvalue weighted by atomic mass is 9.85. The van der Waals surface area contributed by atoms with Gasteiger partial charge in [0.05, 0.1) is 18.1 Å². The molecule has 1 aromatic carbocycles. The third kappa shape index (κ3) is 1.31. The van der Waals surface area contributed by atoms with Crippen molar-refractivity contribution in [1.82, 2.24) is 9.55 Å². The highest BCUT2D eigenvalue weighted by Crippen LogP contribution is 2.37. The van der Waals surface area contributed by atoms with Crippen LogP contribution in [0.5, 0.6) is 5.75 Å². The SMILES string of the molecule is COc1ccc2c(c1)nc(C1CCC1)n2C. The highest BCUT2D eigenvalue weighted by molar-refractivity contribution is 5.77. The Balaban J connectivity index is 2.13. The number of rotatable bonds is 2. The van der Waals surface area contributed by atoms with Gasteiger partial charge < -0.3 is 9.30 Å². The summed E-state index contributed by atoms with van der Waals surface area (Å²) in [5, 5.41) is 0. The van der Waals surface area contributed by atoms with Gasteiger partial charge in [0.25, 0.3) is 0 Å². The van der Waals surface area contributed by atoms with E-state index in [1.807, 2.05) is 12.1 Å². The summed E-state index contributed by atoms with van der Waals surface area (Å²) in [6.07, 6.45) is 3.92. The minimum Gasteiger partial charge on any atom is -0.497 e. The molecule has 16 heavy (non-hydrogen) atoms.